The molecule has 3 N–H and O–H groups in total. The fourth-order valence-electron chi connectivity index (χ4n) is 4.14. The topological polar surface area (TPSA) is 174 Å². The van der Waals surface area contributed by atoms with Crippen LogP contribution in [0.2, 0.25) is 0 Å². The Morgan fingerprint density at radius 3 is 2.46 bits per heavy atom. The number of sulfone groups is 1. The number of anilines is 2. The van der Waals surface area contributed by atoms with E-state index < -0.39 is 32.4 Å². The van der Waals surface area contributed by atoms with Crippen molar-refractivity contribution in [1.29, 1.82) is 0 Å². The van der Waals surface area contributed by atoms with Crippen molar-refractivity contribution in [3.63, 3.8) is 0 Å². The molecule has 1 fully saturated rings. The van der Waals surface area contributed by atoms with Gasteiger partial charge in [0.2, 0.25) is 19.9 Å². The highest BCUT2D eigenvalue weighted by Crippen LogP contribution is 2.34. The van der Waals surface area contributed by atoms with Gasteiger partial charge in [-0.05, 0) is 43.2 Å². The molecule has 12 nitrogen and oxygen atoms in total. The third-order valence-electron chi connectivity index (χ3n) is 6.01. The molecule has 0 radical (unpaired) electrons. The van der Waals surface area contributed by atoms with Crippen LogP contribution in [-0.2, 0) is 26.4 Å². The van der Waals surface area contributed by atoms with Crippen molar-refractivity contribution in [2.75, 3.05) is 24.0 Å². The lowest BCUT2D eigenvalue weighted by atomic mass is 9.95. The van der Waals surface area contributed by atoms with E-state index in [0.717, 1.165) is 31.9 Å². The predicted molar refractivity (Wildman–Crippen MR) is 145 cm³/mol. The van der Waals surface area contributed by atoms with Crippen molar-refractivity contribution in [1.82, 2.24) is 14.7 Å². The standard InChI is InChI=1S/C24H27N5O7S3/c1-36-16-10-11-18(17(13-16)21(30)15-7-3-4-8-15)27-23(31)29-24-28-19(14-26-38(2,32)33)22(37-24)39(34,35)20-9-5-6-12-25-20/h5-6,9-13,15,26H,3-4,7-8,14H2,1-2H3,(H2,27,28,29,31). The Hall–Kier alpha value is -3.40. The van der Waals surface area contributed by atoms with Gasteiger partial charge in [-0.3, -0.25) is 10.1 Å². The lowest BCUT2D eigenvalue weighted by Crippen LogP contribution is -2.23. The molecule has 1 saturated carbocycles. The smallest absolute Gasteiger partial charge is 0.325 e. The molecular weight excluding hydrogens is 566 g/mol. The van der Waals surface area contributed by atoms with E-state index >= 15 is 0 Å². The van der Waals surface area contributed by atoms with E-state index in [1.165, 1.54) is 25.4 Å². The van der Waals surface area contributed by atoms with E-state index in [9.17, 15) is 26.4 Å². The maximum absolute atomic E-state index is 13.2. The number of carbonyl (C=O) groups is 2. The molecule has 1 aliphatic carbocycles. The Labute approximate surface area is 230 Å². The zero-order valence-electron chi connectivity index (χ0n) is 21.1. The summed E-state index contributed by atoms with van der Waals surface area (Å²) in [5.74, 6) is 0.243. The van der Waals surface area contributed by atoms with Crippen LogP contribution >= 0.6 is 11.3 Å². The molecule has 2 amide bonds. The number of amides is 2. The van der Waals surface area contributed by atoms with Crippen LogP contribution in [0.4, 0.5) is 15.6 Å². The number of thiazole rings is 1. The molecule has 2 heterocycles. The van der Waals surface area contributed by atoms with Crippen LogP contribution < -0.4 is 20.1 Å². The zero-order chi connectivity index (χ0) is 28.2. The molecule has 0 saturated heterocycles. The Bertz CT molecular complexity index is 1580. The third kappa shape index (κ3) is 6.98. The van der Waals surface area contributed by atoms with Gasteiger partial charge in [0.25, 0.3) is 0 Å². The number of nitrogens with zero attached hydrogens (tertiary/aromatic N) is 2. The first-order valence-electron chi connectivity index (χ1n) is 11.9. The first-order valence-corrected chi connectivity index (χ1v) is 16.1. The minimum Gasteiger partial charge on any atom is -0.497 e. The number of hydrogen-bond acceptors (Lipinski definition) is 10. The number of nitrogens with one attached hydrogen (secondary N) is 3. The number of rotatable bonds is 10. The highest BCUT2D eigenvalue weighted by atomic mass is 32.2. The second-order valence-electron chi connectivity index (χ2n) is 8.85. The monoisotopic (exact) mass is 593 g/mol. The molecule has 0 unspecified atom stereocenters. The maximum atomic E-state index is 13.2. The normalized spacial score (nSPS) is 14.2. The number of aromatic nitrogens is 2. The molecule has 208 valence electrons. The molecule has 4 rings (SSSR count). The van der Waals surface area contributed by atoms with Gasteiger partial charge in [-0.2, -0.15) is 0 Å². The van der Waals surface area contributed by atoms with Crippen LogP contribution in [0.25, 0.3) is 0 Å². The summed E-state index contributed by atoms with van der Waals surface area (Å²) < 4.78 is 56.9. The van der Waals surface area contributed by atoms with Crippen molar-refractivity contribution in [3.8, 4) is 5.75 Å². The fraction of sp³-hybridized carbons (Fsp3) is 0.333. The average Bonchev–Trinajstić information content (AvgIpc) is 3.58. The summed E-state index contributed by atoms with van der Waals surface area (Å²) in [5, 5.41) is 4.78. The van der Waals surface area contributed by atoms with Crippen LogP contribution in [0.5, 0.6) is 5.75 Å². The lowest BCUT2D eigenvalue weighted by Gasteiger charge is -2.15. The zero-order valence-corrected chi connectivity index (χ0v) is 23.6. The molecule has 0 atom stereocenters. The van der Waals surface area contributed by atoms with Crippen molar-refractivity contribution < 1.29 is 31.2 Å². The van der Waals surface area contributed by atoms with Crippen molar-refractivity contribution in [2.24, 2.45) is 5.92 Å². The molecule has 1 aliphatic rings. The second kappa shape index (κ2) is 11.8. The van der Waals surface area contributed by atoms with E-state index in [1.807, 2.05) is 0 Å². The molecule has 3 aromatic rings. The van der Waals surface area contributed by atoms with Crippen LogP contribution in [0.3, 0.4) is 0 Å². The van der Waals surface area contributed by atoms with E-state index in [1.54, 1.807) is 24.3 Å². The third-order valence-corrected chi connectivity index (χ3v) is 9.91. The Kier molecular flexibility index (Phi) is 8.64. The Morgan fingerprint density at radius 2 is 1.82 bits per heavy atom. The van der Waals surface area contributed by atoms with Gasteiger partial charge in [0.1, 0.15) is 5.75 Å². The average molecular weight is 594 g/mol. The number of ether oxygens (including phenoxy) is 1. The number of urea groups is 1. The molecule has 1 aromatic carbocycles. The second-order valence-corrected chi connectivity index (χ2v) is 13.8. The van der Waals surface area contributed by atoms with Gasteiger partial charge in [-0.15, -0.1) is 0 Å². The summed E-state index contributed by atoms with van der Waals surface area (Å²) in [7, 11) is -6.35. The highest BCUT2D eigenvalue weighted by Gasteiger charge is 2.29. The van der Waals surface area contributed by atoms with Gasteiger partial charge in [-0.1, -0.05) is 30.2 Å². The number of hydrogen-bond donors (Lipinski definition) is 3. The molecule has 2 aromatic heterocycles. The van der Waals surface area contributed by atoms with Crippen LogP contribution in [0.15, 0.2) is 51.8 Å². The number of pyridine rings is 1. The summed E-state index contributed by atoms with van der Waals surface area (Å²) >= 11 is 0.655. The van der Waals surface area contributed by atoms with E-state index in [2.05, 4.69) is 25.3 Å². The van der Waals surface area contributed by atoms with Gasteiger partial charge in [0.05, 0.1) is 31.3 Å². The lowest BCUT2D eigenvalue weighted by molar-refractivity contribution is 0.0923. The SMILES string of the molecule is COc1ccc(NC(=O)Nc2nc(CNS(C)(=O)=O)c(S(=O)(=O)c3ccccn3)s2)c(C(=O)C2CCCC2)c1. The van der Waals surface area contributed by atoms with Crippen molar-refractivity contribution in [2.45, 2.75) is 41.5 Å². The quantitative estimate of drug-likeness (QED) is 0.298. The van der Waals surface area contributed by atoms with Crippen LogP contribution in [0, 0.1) is 5.92 Å². The first kappa shape index (κ1) is 28.6. The fourth-order valence-corrected chi connectivity index (χ4v) is 7.25. The van der Waals surface area contributed by atoms with Gasteiger partial charge in [-0.25, -0.2) is 36.3 Å². The van der Waals surface area contributed by atoms with Gasteiger partial charge >= 0.3 is 6.03 Å². The number of methoxy groups -OCH3 is 1. The number of sulfonamides is 1. The summed E-state index contributed by atoms with van der Waals surface area (Å²) in [6.07, 6.45) is 5.73. The Morgan fingerprint density at radius 1 is 1.08 bits per heavy atom. The van der Waals surface area contributed by atoms with Gasteiger partial charge < -0.3 is 10.1 Å². The molecule has 15 heteroatoms. The predicted octanol–water partition coefficient (Wildman–Crippen LogP) is 3.45. The number of ketones is 1. The minimum atomic E-state index is -4.17. The van der Waals surface area contributed by atoms with Gasteiger partial charge in [0, 0.05) is 17.7 Å². The summed E-state index contributed by atoms with van der Waals surface area (Å²) in [5.41, 5.74) is 0.474. The molecular formula is C24H27N5O7S3. The first-order chi connectivity index (χ1) is 18.5. The van der Waals surface area contributed by atoms with Crippen LogP contribution in [-0.4, -0.2) is 52.0 Å². The minimum absolute atomic E-state index is 0.0891. The number of carbonyl (C=O) groups excluding carboxylic acids is 2. The van der Waals surface area contributed by atoms with Crippen molar-refractivity contribution in [3.05, 3.63) is 53.9 Å². The van der Waals surface area contributed by atoms with E-state index in [0.29, 0.717) is 22.6 Å². The Balaban J connectivity index is 1.61. The number of Topliss-reactive ketones (excluding diaryl/α,β-unsaturated/α-hetero) is 1. The van der Waals surface area contributed by atoms with Crippen molar-refractivity contribution >= 4 is 53.8 Å². The molecule has 0 aliphatic heterocycles. The van der Waals surface area contributed by atoms with Crippen LogP contribution in [0.1, 0.15) is 41.7 Å². The molecule has 0 bridgehead atoms. The molecule has 39 heavy (non-hydrogen) atoms. The summed E-state index contributed by atoms with van der Waals surface area (Å²) in [6, 6.07) is 8.33. The van der Waals surface area contributed by atoms with E-state index in [-0.39, 0.29) is 37.4 Å². The van der Waals surface area contributed by atoms with E-state index in [4.69, 9.17) is 4.74 Å². The summed E-state index contributed by atoms with van der Waals surface area (Å²) in [4.78, 5) is 34.1. The molecule has 0 spiro atoms. The van der Waals surface area contributed by atoms with Gasteiger partial charge in [0.15, 0.2) is 20.1 Å². The number of benzene rings is 1. The summed E-state index contributed by atoms with van der Waals surface area (Å²) in [6.45, 7) is -0.418. The largest absolute Gasteiger partial charge is 0.497 e. The highest BCUT2D eigenvalue weighted by molar-refractivity contribution is 7.93. The maximum Gasteiger partial charge on any atom is 0.325 e.